The lowest BCUT2D eigenvalue weighted by Gasteiger charge is -2.12. The fourth-order valence-corrected chi connectivity index (χ4v) is 1.30. The third kappa shape index (κ3) is 13.2. The lowest BCUT2D eigenvalue weighted by atomic mass is 10.3. The van der Waals surface area contributed by atoms with Gasteiger partial charge in [-0.2, -0.15) is 0 Å². The van der Waals surface area contributed by atoms with Crippen LogP contribution in [0.3, 0.4) is 0 Å². The summed E-state index contributed by atoms with van der Waals surface area (Å²) in [4.78, 5) is 6.17. The summed E-state index contributed by atoms with van der Waals surface area (Å²) in [6, 6.07) is 0. The van der Waals surface area contributed by atoms with Crippen molar-refractivity contribution in [2.24, 2.45) is 4.99 Å². The van der Waals surface area contributed by atoms with Crippen LogP contribution in [0.1, 0.15) is 26.2 Å². The summed E-state index contributed by atoms with van der Waals surface area (Å²) >= 11 is 0. The summed E-state index contributed by atoms with van der Waals surface area (Å²) in [6.45, 7) is 4.90. The van der Waals surface area contributed by atoms with Crippen molar-refractivity contribution in [3.8, 4) is 0 Å². The van der Waals surface area contributed by atoms with Crippen LogP contribution in [0.25, 0.3) is 0 Å². The molecular weight excluding hydrogens is 228 g/mol. The maximum absolute atomic E-state index is 9.61. The second-order valence-electron chi connectivity index (χ2n) is 4.48. The van der Waals surface area contributed by atoms with Crippen LogP contribution in [0.4, 0.5) is 0 Å². The number of aliphatic imine (C=N–C) groups is 1. The van der Waals surface area contributed by atoms with Crippen LogP contribution in [-0.2, 0) is 0 Å². The van der Waals surface area contributed by atoms with Gasteiger partial charge < -0.3 is 15.3 Å². The number of nitrogens with one attached hydrogen (secondary N) is 2. The van der Waals surface area contributed by atoms with Crippen LogP contribution in [-0.4, -0.2) is 56.3 Å². The summed E-state index contributed by atoms with van der Waals surface area (Å²) in [7, 11) is 4.09. The third-order valence-corrected chi connectivity index (χ3v) is 2.27. The quantitative estimate of drug-likeness (QED) is 0.221. The van der Waals surface area contributed by atoms with Crippen LogP contribution < -0.4 is 10.6 Å². The molecule has 5 nitrogen and oxygen atoms in total. The van der Waals surface area contributed by atoms with Gasteiger partial charge in [0.1, 0.15) is 6.23 Å². The van der Waals surface area contributed by atoms with Crippen molar-refractivity contribution in [3.63, 3.8) is 0 Å². The van der Waals surface area contributed by atoms with Gasteiger partial charge in [0.15, 0.2) is 0 Å². The molecule has 0 radical (unpaired) electrons. The molecular formula is C13H28N4O. The minimum Gasteiger partial charge on any atom is -0.378 e. The summed E-state index contributed by atoms with van der Waals surface area (Å²) in [5, 5.41) is 15.7. The van der Waals surface area contributed by atoms with Crippen molar-refractivity contribution >= 4 is 6.34 Å². The molecule has 0 fully saturated rings. The number of rotatable bonds is 11. The predicted octanol–water partition coefficient (Wildman–Crippen LogP) is 0.778. The van der Waals surface area contributed by atoms with Gasteiger partial charge in [0.05, 0.1) is 6.34 Å². The van der Waals surface area contributed by atoms with Gasteiger partial charge in [0, 0.05) is 19.2 Å². The first kappa shape index (κ1) is 17.1. The van der Waals surface area contributed by atoms with E-state index in [0.29, 0.717) is 6.42 Å². The zero-order valence-corrected chi connectivity index (χ0v) is 11.9. The summed E-state index contributed by atoms with van der Waals surface area (Å²) in [5.41, 5.74) is 0. The molecule has 0 aromatic heterocycles. The molecule has 18 heavy (non-hydrogen) atoms. The average Bonchev–Trinajstić information content (AvgIpc) is 2.33. The molecule has 0 aromatic rings. The van der Waals surface area contributed by atoms with Crippen LogP contribution in [0.15, 0.2) is 17.3 Å². The van der Waals surface area contributed by atoms with Crippen molar-refractivity contribution in [2.45, 2.75) is 32.4 Å². The molecule has 0 heterocycles. The van der Waals surface area contributed by atoms with Crippen LogP contribution >= 0.6 is 0 Å². The van der Waals surface area contributed by atoms with Crippen molar-refractivity contribution < 1.29 is 5.11 Å². The molecule has 0 rings (SSSR count). The summed E-state index contributed by atoms with van der Waals surface area (Å²) in [6.07, 6.45) is 7.45. The Kier molecular flexibility index (Phi) is 11.9. The van der Waals surface area contributed by atoms with Crippen molar-refractivity contribution in [3.05, 3.63) is 12.3 Å². The molecule has 0 saturated carbocycles. The largest absolute Gasteiger partial charge is 0.378 e. The Bertz CT molecular complexity index is 229. The second-order valence-corrected chi connectivity index (χ2v) is 4.48. The molecule has 1 unspecified atom stereocenters. The number of nitrogens with zero attached hydrogens (tertiary/aromatic N) is 2. The fourth-order valence-electron chi connectivity index (χ4n) is 1.30. The molecule has 0 bridgehead atoms. The minimum absolute atomic E-state index is 0.484. The SMILES string of the molecule is CCCN/C=N/C=C\CC(O)NCCCN(C)C. The normalized spacial score (nSPS) is 13.8. The molecule has 0 aromatic carbocycles. The summed E-state index contributed by atoms with van der Waals surface area (Å²) in [5.74, 6) is 0. The maximum atomic E-state index is 9.61. The van der Waals surface area contributed by atoms with Gasteiger partial charge in [-0.25, -0.2) is 4.99 Å². The van der Waals surface area contributed by atoms with E-state index < -0.39 is 6.23 Å². The molecule has 5 heteroatoms. The number of aliphatic hydroxyl groups excluding tert-OH is 1. The lowest BCUT2D eigenvalue weighted by molar-refractivity contribution is 0.139. The molecule has 3 N–H and O–H groups in total. The third-order valence-electron chi connectivity index (χ3n) is 2.27. The average molecular weight is 256 g/mol. The van der Waals surface area contributed by atoms with Crippen LogP contribution in [0.2, 0.25) is 0 Å². The first-order valence-corrected chi connectivity index (χ1v) is 6.63. The van der Waals surface area contributed by atoms with Gasteiger partial charge >= 0.3 is 0 Å². The molecule has 0 aliphatic carbocycles. The zero-order valence-electron chi connectivity index (χ0n) is 11.9. The Balaban J connectivity index is 3.43. The predicted molar refractivity (Wildman–Crippen MR) is 77.7 cm³/mol. The van der Waals surface area contributed by atoms with Gasteiger partial charge in [-0.05, 0) is 40.0 Å². The summed E-state index contributed by atoms with van der Waals surface area (Å²) < 4.78 is 0. The van der Waals surface area contributed by atoms with Crippen LogP contribution in [0.5, 0.6) is 0 Å². The second kappa shape index (κ2) is 12.5. The van der Waals surface area contributed by atoms with E-state index in [4.69, 9.17) is 0 Å². The Hall–Kier alpha value is -0.910. The Morgan fingerprint density at radius 2 is 2.11 bits per heavy atom. The van der Waals surface area contributed by atoms with Crippen molar-refractivity contribution in [1.82, 2.24) is 15.5 Å². The van der Waals surface area contributed by atoms with E-state index in [2.05, 4.69) is 27.4 Å². The standard InChI is InChI=1S/C13H28N4O/c1-4-8-14-12-15-9-5-7-13(18)16-10-6-11-17(2)3/h5,9,12-13,16,18H,4,6-8,10-11H2,1-3H3,(H,14,15)/b9-5-. The highest BCUT2D eigenvalue weighted by Crippen LogP contribution is 1.90. The first-order valence-electron chi connectivity index (χ1n) is 6.63. The van der Waals surface area contributed by atoms with Crippen molar-refractivity contribution in [2.75, 3.05) is 33.7 Å². The van der Waals surface area contributed by atoms with E-state index in [1.165, 1.54) is 0 Å². The highest BCUT2D eigenvalue weighted by atomic mass is 16.3. The van der Waals surface area contributed by atoms with E-state index in [1.807, 2.05) is 20.2 Å². The van der Waals surface area contributed by atoms with Crippen LogP contribution in [0, 0.1) is 0 Å². The molecule has 0 aliphatic rings. The molecule has 0 amide bonds. The van der Waals surface area contributed by atoms with E-state index >= 15 is 0 Å². The molecule has 0 aliphatic heterocycles. The minimum atomic E-state index is -0.484. The zero-order chi connectivity index (χ0) is 13.6. The van der Waals surface area contributed by atoms with Gasteiger partial charge in [0.25, 0.3) is 0 Å². The van der Waals surface area contributed by atoms with Gasteiger partial charge in [0.2, 0.25) is 0 Å². The monoisotopic (exact) mass is 256 g/mol. The van der Waals surface area contributed by atoms with Gasteiger partial charge in [-0.15, -0.1) is 0 Å². The number of hydrogen-bond acceptors (Lipinski definition) is 4. The van der Waals surface area contributed by atoms with Crippen molar-refractivity contribution in [1.29, 1.82) is 0 Å². The molecule has 1 atom stereocenters. The highest BCUT2D eigenvalue weighted by molar-refractivity contribution is 5.54. The highest BCUT2D eigenvalue weighted by Gasteiger charge is 1.99. The fraction of sp³-hybridized carbons (Fsp3) is 0.769. The van der Waals surface area contributed by atoms with E-state index in [-0.39, 0.29) is 0 Å². The number of hydrogen-bond donors (Lipinski definition) is 3. The Morgan fingerprint density at radius 3 is 2.78 bits per heavy atom. The van der Waals surface area contributed by atoms with Gasteiger partial charge in [-0.3, -0.25) is 5.32 Å². The van der Waals surface area contributed by atoms with E-state index in [9.17, 15) is 5.11 Å². The first-order chi connectivity index (χ1) is 8.66. The number of aliphatic hydroxyl groups is 1. The Morgan fingerprint density at radius 1 is 1.33 bits per heavy atom. The van der Waals surface area contributed by atoms with E-state index in [0.717, 1.165) is 32.5 Å². The van der Waals surface area contributed by atoms with E-state index in [1.54, 1.807) is 12.5 Å². The topological polar surface area (TPSA) is 59.9 Å². The lowest BCUT2D eigenvalue weighted by Crippen LogP contribution is -2.30. The van der Waals surface area contributed by atoms with Gasteiger partial charge in [-0.1, -0.05) is 13.0 Å². The smallest absolute Gasteiger partial charge is 0.108 e. The maximum Gasteiger partial charge on any atom is 0.108 e. The Labute approximate surface area is 111 Å². The molecule has 0 spiro atoms. The molecule has 106 valence electrons. The molecule has 0 saturated heterocycles.